The van der Waals surface area contributed by atoms with Gasteiger partial charge in [-0.05, 0) is 67.6 Å². The average molecular weight is 478 g/mol. The standard InChI is InChI=1S/C27H31N3O3S/c1-20-12-13-24(19-21(20)2)34(32,33)30-17-14-23(15-18-30)27(31)29(3)26(22-9-5-4-6-10-22)25-11-7-8-16-28-25/h4-13,16,19,23,26H,14-15,17-18H2,1-3H3. The van der Waals surface area contributed by atoms with Gasteiger partial charge in [0.15, 0.2) is 0 Å². The van der Waals surface area contributed by atoms with E-state index in [9.17, 15) is 13.2 Å². The molecule has 3 aromatic rings. The van der Waals surface area contributed by atoms with Gasteiger partial charge in [0, 0.05) is 32.3 Å². The highest BCUT2D eigenvalue weighted by Gasteiger charge is 2.35. The third-order valence-corrected chi connectivity index (χ3v) is 8.63. The Hall–Kier alpha value is -3.03. The lowest BCUT2D eigenvalue weighted by Gasteiger charge is -2.35. The van der Waals surface area contributed by atoms with Gasteiger partial charge in [0.05, 0.1) is 16.6 Å². The number of aryl methyl sites for hydroxylation is 2. The van der Waals surface area contributed by atoms with Crippen molar-refractivity contribution in [2.45, 2.75) is 37.6 Å². The number of nitrogens with zero attached hydrogens (tertiary/aromatic N) is 3. The molecule has 1 aliphatic heterocycles. The molecule has 1 atom stereocenters. The Bertz CT molecular complexity index is 1200. The molecule has 2 heterocycles. The van der Waals surface area contributed by atoms with Gasteiger partial charge in [-0.1, -0.05) is 42.5 Å². The number of pyridine rings is 1. The third kappa shape index (κ3) is 4.91. The molecule has 0 N–H and O–H groups in total. The fraction of sp³-hybridized carbons (Fsp3) is 0.333. The zero-order valence-electron chi connectivity index (χ0n) is 19.9. The second-order valence-corrected chi connectivity index (χ2v) is 10.9. The molecular weight excluding hydrogens is 446 g/mol. The molecule has 1 unspecified atom stereocenters. The van der Waals surface area contributed by atoms with Gasteiger partial charge in [0.1, 0.15) is 0 Å². The number of piperidine rings is 1. The maximum absolute atomic E-state index is 13.5. The molecular formula is C27H31N3O3S. The van der Waals surface area contributed by atoms with Crippen LogP contribution in [0.25, 0.3) is 0 Å². The molecule has 7 heteroatoms. The first-order chi connectivity index (χ1) is 16.3. The summed E-state index contributed by atoms with van der Waals surface area (Å²) in [5, 5.41) is 0. The summed E-state index contributed by atoms with van der Waals surface area (Å²) < 4.78 is 27.8. The minimum absolute atomic E-state index is 0.0164. The summed E-state index contributed by atoms with van der Waals surface area (Å²) in [7, 11) is -1.76. The molecule has 0 bridgehead atoms. The summed E-state index contributed by atoms with van der Waals surface area (Å²) in [5.74, 6) is -0.214. The monoisotopic (exact) mass is 477 g/mol. The quantitative estimate of drug-likeness (QED) is 0.529. The minimum atomic E-state index is -3.57. The highest BCUT2D eigenvalue weighted by Crippen LogP contribution is 2.31. The molecule has 4 rings (SSSR count). The first-order valence-corrected chi connectivity index (χ1v) is 13.0. The van der Waals surface area contributed by atoms with Gasteiger partial charge in [-0.2, -0.15) is 4.31 Å². The molecule has 6 nitrogen and oxygen atoms in total. The lowest BCUT2D eigenvalue weighted by atomic mass is 9.94. The number of rotatable bonds is 6. The largest absolute Gasteiger partial charge is 0.333 e. The second kappa shape index (κ2) is 10.1. The van der Waals surface area contributed by atoms with Gasteiger partial charge in [0.2, 0.25) is 15.9 Å². The molecule has 0 saturated carbocycles. The van der Waals surface area contributed by atoms with Gasteiger partial charge in [-0.25, -0.2) is 8.42 Å². The molecule has 178 valence electrons. The molecule has 1 aromatic heterocycles. The lowest BCUT2D eigenvalue weighted by Crippen LogP contribution is -2.44. The Morgan fingerprint density at radius 2 is 1.65 bits per heavy atom. The minimum Gasteiger partial charge on any atom is -0.333 e. The van der Waals surface area contributed by atoms with Crippen LogP contribution in [0.4, 0.5) is 0 Å². The van der Waals surface area contributed by atoms with E-state index < -0.39 is 10.0 Å². The molecule has 0 aliphatic carbocycles. The van der Waals surface area contributed by atoms with Gasteiger partial charge >= 0.3 is 0 Å². The third-order valence-electron chi connectivity index (χ3n) is 6.74. The molecule has 1 aliphatic rings. The second-order valence-electron chi connectivity index (χ2n) is 8.94. The Balaban J connectivity index is 1.49. The Morgan fingerprint density at radius 1 is 0.971 bits per heavy atom. The number of carbonyl (C=O) groups is 1. The summed E-state index contributed by atoms with van der Waals surface area (Å²) >= 11 is 0. The van der Waals surface area contributed by atoms with Crippen LogP contribution in [0.3, 0.4) is 0 Å². The lowest BCUT2D eigenvalue weighted by molar-refractivity contribution is -0.137. The molecule has 0 spiro atoms. The average Bonchev–Trinajstić information content (AvgIpc) is 2.86. The topological polar surface area (TPSA) is 70.6 Å². The molecule has 34 heavy (non-hydrogen) atoms. The van der Waals surface area contributed by atoms with Crippen molar-refractivity contribution in [3.8, 4) is 0 Å². The van der Waals surface area contributed by atoms with Crippen LogP contribution in [0, 0.1) is 19.8 Å². The van der Waals surface area contributed by atoms with Crippen LogP contribution in [0.5, 0.6) is 0 Å². The van der Waals surface area contributed by atoms with Crippen molar-refractivity contribution in [1.29, 1.82) is 0 Å². The SMILES string of the molecule is Cc1ccc(S(=O)(=O)N2CCC(C(=O)N(C)C(c3ccccc3)c3ccccn3)CC2)cc1C. The Kier molecular flexibility index (Phi) is 7.14. The van der Waals surface area contributed by atoms with Crippen molar-refractivity contribution in [2.75, 3.05) is 20.1 Å². The number of amides is 1. The summed E-state index contributed by atoms with van der Waals surface area (Å²) in [5.41, 5.74) is 3.81. The first-order valence-electron chi connectivity index (χ1n) is 11.6. The smallest absolute Gasteiger partial charge is 0.243 e. The van der Waals surface area contributed by atoms with Crippen LogP contribution in [0.15, 0.2) is 77.8 Å². The van der Waals surface area contributed by atoms with E-state index in [1.807, 2.05) is 75.5 Å². The van der Waals surface area contributed by atoms with E-state index in [0.29, 0.717) is 30.8 Å². The van der Waals surface area contributed by atoms with Crippen molar-refractivity contribution in [2.24, 2.45) is 5.92 Å². The first kappa shape index (κ1) is 24.1. The number of sulfonamides is 1. The van der Waals surface area contributed by atoms with Crippen molar-refractivity contribution >= 4 is 15.9 Å². The van der Waals surface area contributed by atoms with E-state index in [0.717, 1.165) is 22.4 Å². The zero-order chi connectivity index (χ0) is 24.3. The molecule has 1 fully saturated rings. The van der Waals surface area contributed by atoms with Crippen LogP contribution in [0.1, 0.15) is 41.3 Å². The molecule has 0 radical (unpaired) electrons. The van der Waals surface area contributed by atoms with E-state index >= 15 is 0 Å². The summed E-state index contributed by atoms with van der Waals surface area (Å²) in [6.07, 6.45) is 2.73. The normalized spacial score (nSPS) is 16.2. The van der Waals surface area contributed by atoms with Gasteiger partial charge in [0.25, 0.3) is 0 Å². The van der Waals surface area contributed by atoms with Gasteiger partial charge < -0.3 is 4.90 Å². The fourth-order valence-corrected chi connectivity index (χ4v) is 6.10. The predicted octanol–water partition coefficient (Wildman–Crippen LogP) is 4.35. The van der Waals surface area contributed by atoms with Crippen molar-refractivity contribution in [1.82, 2.24) is 14.2 Å². The Labute approximate surface area is 202 Å². The van der Waals surface area contributed by atoms with E-state index in [4.69, 9.17) is 0 Å². The number of aromatic nitrogens is 1. The van der Waals surface area contributed by atoms with Crippen LogP contribution in [0.2, 0.25) is 0 Å². The van der Waals surface area contributed by atoms with Gasteiger partial charge in [-0.3, -0.25) is 9.78 Å². The maximum atomic E-state index is 13.5. The van der Waals surface area contributed by atoms with Crippen LogP contribution < -0.4 is 0 Å². The van der Waals surface area contributed by atoms with E-state index in [-0.39, 0.29) is 17.9 Å². The van der Waals surface area contributed by atoms with E-state index in [2.05, 4.69) is 4.98 Å². The fourth-order valence-electron chi connectivity index (χ4n) is 4.55. The van der Waals surface area contributed by atoms with Crippen molar-refractivity contribution < 1.29 is 13.2 Å². The molecule has 1 saturated heterocycles. The number of hydrogen-bond acceptors (Lipinski definition) is 4. The number of carbonyl (C=O) groups excluding carboxylic acids is 1. The maximum Gasteiger partial charge on any atom is 0.243 e. The van der Waals surface area contributed by atoms with Crippen LogP contribution in [-0.2, 0) is 14.8 Å². The zero-order valence-corrected chi connectivity index (χ0v) is 20.7. The van der Waals surface area contributed by atoms with E-state index in [1.165, 1.54) is 4.31 Å². The molecule has 2 aromatic carbocycles. The number of benzene rings is 2. The summed E-state index contributed by atoms with van der Waals surface area (Å²) in [6, 6.07) is 20.5. The van der Waals surface area contributed by atoms with Crippen LogP contribution >= 0.6 is 0 Å². The summed E-state index contributed by atoms with van der Waals surface area (Å²) in [6.45, 7) is 4.55. The highest BCUT2D eigenvalue weighted by atomic mass is 32.2. The van der Waals surface area contributed by atoms with Crippen molar-refractivity contribution in [3.63, 3.8) is 0 Å². The predicted molar refractivity (Wildman–Crippen MR) is 133 cm³/mol. The number of hydrogen-bond donors (Lipinski definition) is 0. The van der Waals surface area contributed by atoms with Gasteiger partial charge in [-0.15, -0.1) is 0 Å². The summed E-state index contributed by atoms with van der Waals surface area (Å²) in [4.78, 5) is 20.1. The molecule has 1 amide bonds. The van der Waals surface area contributed by atoms with E-state index in [1.54, 1.807) is 23.2 Å². The highest BCUT2D eigenvalue weighted by molar-refractivity contribution is 7.89. The van der Waals surface area contributed by atoms with Crippen LogP contribution in [-0.4, -0.2) is 48.7 Å². The van der Waals surface area contributed by atoms with Crippen molar-refractivity contribution in [3.05, 3.63) is 95.3 Å². The Morgan fingerprint density at radius 3 is 2.26 bits per heavy atom.